The summed E-state index contributed by atoms with van der Waals surface area (Å²) in [6.45, 7) is 4.27. The van der Waals surface area contributed by atoms with Gasteiger partial charge in [0.2, 0.25) is 5.91 Å². The zero-order chi connectivity index (χ0) is 17.1. The molecule has 2 saturated heterocycles. The highest BCUT2D eigenvalue weighted by atomic mass is 19.1. The van der Waals surface area contributed by atoms with Crippen molar-refractivity contribution in [2.45, 2.75) is 19.6 Å². The first-order chi connectivity index (χ1) is 11.6. The second-order valence-electron chi connectivity index (χ2n) is 5.64. The van der Waals surface area contributed by atoms with E-state index in [2.05, 4.69) is 5.32 Å². The monoisotopic (exact) mass is 337 g/mol. The molecule has 0 radical (unpaired) electrons. The Kier molecular flexibility index (Phi) is 4.84. The number of carbonyl (C=O) groups excluding carboxylic acids is 2. The van der Waals surface area contributed by atoms with Crippen molar-refractivity contribution in [2.75, 3.05) is 42.6 Å². The van der Waals surface area contributed by atoms with E-state index in [4.69, 9.17) is 9.47 Å². The molecule has 0 bridgehead atoms. The van der Waals surface area contributed by atoms with E-state index in [1.165, 1.54) is 11.0 Å². The van der Waals surface area contributed by atoms with E-state index >= 15 is 0 Å². The second kappa shape index (κ2) is 7.04. The Labute approximate surface area is 139 Å². The lowest BCUT2D eigenvalue weighted by molar-refractivity contribution is -0.123. The molecule has 1 N–H and O–H groups in total. The van der Waals surface area contributed by atoms with Crippen LogP contribution < -0.4 is 15.1 Å². The molecule has 1 aromatic carbocycles. The van der Waals surface area contributed by atoms with Gasteiger partial charge in [-0.1, -0.05) is 6.92 Å². The SMILES string of the molecule is CCC(=O)N[C@@H]1CN(c2ccc(N3CCOCC3)c(F)c2)C(=O)O1. The minimum atomic E-state index is -0.716. The number of anilines is 2. The fourth-order valence-electron chi connectivity index (χ4n) is 2.75. The maximum Gasteiger partial charge on any atom is 0.416 e. The number of hydrogen-bond acceptors (Lipinski definition) is 5. The summed E-state index contributed by atoms with van der Waals surface area (Å²) < 4.78 is 24.8. The maximum absolute atomic E-state index is 14.4. The van der Waals surface area contributed by atoms with Crippen molar-refractivity contribution in [1.82, 2.24) is 5.32 Å². The topological polar surface area (TPSA) is 71.1 Å². The van der Waals surface area contributed by atoms with Gasteiger partial charge in [0, 0.05) is 19.5 Å². The first-order valence-corrected chi connectivity index (χ1v) is 7.98. The van der Waals surface area contributed by atoms with Crippen LogP contribution in [0.2, 0.25) is 0 Å². The number of halogens is 1. The van der Waals surface area contributed by atoms with Gasteiger partial charge in [-0.05, 0) is 18.2 Å². The third-order valence-electron chi connectivity index (χ3n) is 4.05. The van der Waals surface area contributed by atoms with Gasteiger partial charge in [0.25, 0.3) is 0 Å². The van der Waals surface area contributed by atoms with Gasteiger partial charge < -0.3 is 19.7 Å². The Morgan fingerprint density at radius 3 is 2.79 bits per heavy atom. The Morgan fingerprint density at radius 1 is 1.38 bits per heavy atom. The molecule has 0 spiro atoms. The summed E-state index contributed by atoms with van der Waals surface area (Å²) in [4.78, 5) is 26.6. The molecule has 7 nitrogen and oxygen atoms in total. The normalized spacial score (nSPS) is 20.9. The van der Waals surface area contributed by atoms with Gasteiger partial charge in [0.1, 0.15) is 5.82 Å². The molecule has 2 amide bonds. The zero-order valence-corrected chi connectivity index (χ0v) is 13.5. The lowest BCUT2D eigenvalue weighted by Gasteiger charge is -2.29. The van der Waals surface area contributed by atoms with Crippen LogP contribution in [-0.4, -0.2) is 51.1 Å². The van der Waals surface area contributed by atoms with E-state index in [1.807, 2.05) is 4.90 Å². The number of amides is 2. The van der Waals surface area contributed by atoms with Crippen LogP contribution in [0.25, 0.3) is 0 Å². The zero-order valence-electron chi connectivity index (χ0n) is 13.5. The van der Waals surface area contributed by atoms with E-state index in [-0.39, 0.29) is 12.5 Å². The highest BCUT2D eigenvalue weighted by molar-refractivity contribution is 5.90. The van der Waals surface area contributed by atoms with Gasteiger partial charge in [-0.2, -0.15) is 0 Å². The van der Waals surface area contributed by atoms with Crippen molar-refractivity contribution in [1.29, 1.82) is 0 Å². The number of hydrogen-bond donors (Lipinski definition) is 1. The van der Waals surface area contributed by atoms with Crippen LogP contribution in [0.3, 0.4) is 0 Å². The van der Waals surface area contributed by atoms with Gasteiger partial charge in [-0.15, -0.1) is 0 Å². The van der Waals surface area contributed by atoms with Crippen molar-refractivity contribution < 1.29 is 23.5 Å². The quantitative estimate of drug-likeness (QED) is 0.901. The van der Waals surface area contributed by atoms with Crippen LogP contribution in [0.1, 0.15) is 13.3 Å². The summed E-state index contributed by atoms with van der Waals surface area (Å²) in [5, 5.41) is 2.60. The maximum atomic E-state index is 14.4. The van der Waals surface area contributed by atoms with Crippen LogP contribution in [0.5, 0.6) is 0 Å². The number of rotatable bonds is 4. The Hall–Kier alpha value is -2.35. The average molecular weight is 337 g/mol. The van der Waals surface area contributed by atoms with Crippen molar-refractivity contribution in [3.05, 3.63) is 24.0 Å². The number of cyclic esters (lactones) is 1. The first-order valence-electron chi connectivity index (χ1n) is 7.98. The smallest absolute Gasteiger partial charge is 0.416 e. The Bertz CT molecular complexity index is 634. The summed E-state index contributed by atoms with van der Waals surface area (Å²) in [5.41, 5.74) is 0.896. The molecule has 24 heavy (non-hydrogen) atoms. The predicted molar refractivity (Wildman–Crippen MR) is 85.5 cm³/mol. The van der Waals surface area contributed by atoms with Crippen LogP contribution in [-0.2, 0) is 14.3 Å². The molecule has 130 valence electrons. The van der Waals surface area contributed by atoms with Gasteiger partial charge in [0.15, 0.2) is 6.23 Å². The molecule has 2 heterocycles. The lowest BCUT2D eigenvalue weighted by Crippen LogP contribution is -2.37. The van der Waals surface area contributed by atoms with Crippen molar-refractivity contribution >= 4 is 23.4 Å². The molecule has 2 fully saturated rings. The standard InChI is InChI=1S/C16H20FN3O4/c1-2-14(21)18-15-10-20(16(22)24-15)11-3-4-13(12(17)9-11)19-5-7-23-8-6-19/h3-4,9,15H,2,5-8,10H2,1H3,(H,18,21)/t15-/m0/s1. The van der Waals surface area contributed by atoms with Crippen LogP contribution in [0.4, 0.5) is 20.6 Å². The fraction of sp³-hybridized carbons (Fsp3) is 0.500. The van der Waals surface area contributed by atoms with E-state index in [0.717, 1.165) is 0 Å². The van der Waals surface area contributed by atoms with E-state index in [0.29, 0.717) is 44.1 Å². The average Bonchev–Trinajstić information content (AvgIpc) is 2.95. The number of morpholine rings is 1. The van der Waals surface area contributed by atoms with Crippen molar-refractivity contribution in [3.63, 3.8) is 0 Å². The molecule has 0 unspecified atom stereocenters. The third kappa shape index (κ3) is 3.43. The molecule has 0 aliphatic carbocycles. The molecule has 8 heteroatoms. The minimum absolute atomic E-state index is 0.154. The molecule has 1 atom stereocenters. The molecular formula is C16H20FN3O4. The summed E-state index contributed by atoms with van der Waals surface area (Å²) in [6, 6.07) is 4.65. The molecule has 0 aromatic heterocycles. The number of benzene rings is 1. The van der Waals surface area contributed by atoms with Gasteiger partial charge >= 0.3 is 6.09 Å². The third-order valence-corrected chi connectivity index (χ3v) is 4.05. The van der Waals surface area contributed by atoms with Crippen LogP contribution in [0, 0.1) is 5.82 Å². The largest absolute Gasteiger partial charge is 0.423 e. The Morgan fingerprint density at radius 2 is 2.12 bits per heavy atom. The van der Waals surface area contributed by atoms with Gasteiger partial charge in [-0.25, -0.2) is 9.18 Å². The molecule has 2 aliphatic rings. The van der Waals surface area contributed by atoms with Gasteiger partial charge in [-0.3, -0.25) is 9.69 Å². The number of nitrogens with zero attached hydrogens (tertiary/aromatic N) is 2. The highest BCUT2D eigenvalue weighted by Crippen LogP contribution is 2.28. The highest BCUT2D eigenvalue weighted by Gasteiger charge is 2.33. The molecule has 3 rings (SSSR count). The molecule has 0 saturated carbocycles. The van der Waals surface area contributed by atoms with Crippen molar-refractivity contribution in [3.8, 4) is 0 Å². The van der Waals surface area contributed by atoms with E-state index in [9.17, 15) is 14.0 Å². The van der Waals surface area contributed by atoms with Crippen LogP contribution >= 0.6 is 0 Å². The van der Waals surface area contributed by atoms with Crippen LogP contribution in [0.15, 0.2) is 18.2 Å². The van der Waals surface area contributed by atoms with E-state index < -0.39 is 18.1 Å². The summed E-state index contributed by atoms with van der Waals surface area (Å²) in [7, 11) is 0. The van der Waals surface area contributed by atoms with Gasteiger partial charge in [0.05, 0.1) is 31.1 Å². The number of carbonyl (C=O) groups is 2. The molecular weight excluding hydrogens is 317 g/mol. The summed E-state index contributed by atoms with van der Waals surface area (Å²) in [6.07, 6.45) is -1.02. The number of nitrogens with one attached hydrogen (secondary N) is 1. The summed E-state index contributed by atoms with van der Waals surface area (Å²) >= 11 is 0. The number of ether oxygens (including phenoxy) is 2. The Balaban J connectivity index is 1.72. The summed E-state index contributed by atoms with van der Waals surface area (Å²) in [5.74, 6) is -0.605. The second-order valence-corrected chi connectivity index (χ2v) is 5.64. The molecule has 1 aromatic rings. The predicted octanol–water partition coefficient (Wildman–Crippen LogP) is 1.47. The lowest BCUT2D eigenvalue weighted by atomic mass is 10.2. The minimum Gasteiger partial charge on any atom is -0.423 e. The molecule has 2 aliphatic heterocycles. The fourth-order valence-corrected chi connectivity index (χ4v) is 2.75. The first kappa shape index (κ1) is 16.5. The van der Waals surface area contributed by atoms with E-state index in [1.54, 1.807) is 19.1 Å². The van der Waals surface area contributed by atoms with Crippen molar-refractivity contribution in [2.24, 2.45) is 0 Å².